The predicted octanol–water partition coefficient (Wildman–Crippen LogP) is 12.8. The maximum absolute atomic E-state index is 2.43. The van der Waals surface area contributed by atoms with Gasteiger partial charge in [0.05, 0.1) is 11.0 Å². The summed E-state index contributed by atoms with van der Waals surface area (Å²) in [5.41, 5.74) is 7.39. The highest BCUT2D eigenvalue weighted by Crippen LogP contribution is 2.42. The highest BCUT2D eigenvalue weighted by atomic mass is 32.1. The van der Waals surface area contributed by atoms with Crippen molar-refractivity contribution in [2.24, 2.45) is 0 Å². The molecule has 0 radical (unpaired) electrons. The third-order valence-corrected chi connectivity index (χ3v) is 10.7. The van der Waals surface area contributed by atoms with Crippen LogP contribution in [0.5, 0.6) is 0 Å². The molecule has 0 atom stereocenters. The van der Waals surface area contributed by atoms with Gasteiger partial charge in [0.1, 0.15) is 0 Å². The Kier molecular flexibility index (Phi) is 5.51. The molecular formula is C44H27NS. The van der Waals surface area contributed by atoms with E-state index >= 15 is 0 Å². The molecule has 0 amide bonds. The molecule has 0 saturated carbocycles. The number of aromatic nitrogens is 1. The van der Waals surface area contributed by atoms with Crippen LogP contribution in [0.25, 0.3) is 91.5 Å². The van der Waals surface area contributed by atoms with Gasteiger partial charge in [0.2, 0.25) is 0 Å². The highest BCUT2D eigenvalue weighted by molar-refractivity contribution is 7.22. The number of para-hydroxylation sites is 2. The maximum atomic E-state index is 2.43. The van der Waals surface area contributed by atoms with Crippen molar-refractivity contribution >= 4 is 75.5 Å². The van der Waals surface area contributed by atoms with E-state index in [9.17, 15) is 0 Å². The summed E-state index contributed by atoms with van der Waals surface area (Å²) in [6.07, 6.45) is 0. The zero-order valence-corrected chi connectivity index (χ0v) is 25.8. The van der Waals surface area contributed by atoms with Crippen molar-refractivity contribution in [3.8, 4) is 27.3 Å². The Morgan fingerprint density at radius 2 is 1.00 bits per heavy atom. The van der Waals surface area contributed by atoms with E-state index in [0.717, 1.165) is 0 Å². The number of benzene rings is 8. The first-order valence-electron chi connectivity index (χ1n) is 15.8. The van der Waals surface area contributed by atoms with Crippen LogP contribution in [0, 0.1) is 0 Å². The molecule has 10 rings (SSSR count). The second-order valence-electron chi connectivity index (χ2n) is 12.1. The van der Waals surface area contributed by atoms with Crippen LogP contribution >= 0.6 is 11.3 Å². The van der Waals surface area contributed by atoms with E-state index in [4.69, 9.17) is 0 Å². The SMILES string of the molecule is c1ccc(-n2c3ccccc3c3cc4c5ccc(-c6cccc(-c7cc8ccccc8s7)c6)cc5c5ccccc5c4cc32)cc1. The third-order valence-electron chi connectivity index (χ3n) is 9.55. The second-order valence-corrected chi connectivity index (χ2v) is 13.2. The Bertz CT molecular complexity index is 2770. The lowest BCUT2D eigenvalue weighted by molar-refractivity contribution is 1.18. The number of hydrogen-bond donors (Lipinski definition) is 0. The maximum Gasteiger partial charge on any atom is 0.0547 e. The van der Waals surface area contributed by atoms with Gasteiger partial charge in [-0.15, -0.1) is 11.3 Å². The smallest absolute Gasteiger partial charge is 0.0547 e. The van der Waals surface area contributed by atoms with Gasteiger partial charge in [-0.25, -0.2) is 0 Å². The zero-order valence-electron chi connectivity index (χ0n) is 24.9. The van der Waals surface area contributed by atoms with E-state index in [1.165, 1.54) is 91.5 Å². The Hall–Kier alpha value is -5.70. The van der Waals surface area contributed by atoms with Crippen LogP contribution < -0.4 is 0 Å². The van der Waals surface area contributed by atoms with Crippen LogP contribution in [0.15, 0.2) is 164 Å². The molecule has 10 aromatic rings. The van der Waals surface area contributed by atoms with Gasteiger partial charge in [-0.2, -0.15) is 0 Å². The molecule has 0 aliphatic carbocycles. The number of hydrogen-bond acceptors (Lipinski definition) is 1. The van der Waals surface area contributed by atoms with Gasteiger partial charge in [-0.3, -0.25) is 0 Å². The molecule has 0 spiro atoms. The Balaban J connectivity index is 1.22. The number of nitrogens with zero attached hydrogens (tertiary/aromatic N) is 1. The lowest BCUT2D eigenvalue weighted by Crippen LogP contribution is -1.93. The molecular weight excluding hydrogens is 575 g/mol. The fourth-order valence-electron chi connectivity index (χ4n) is 7.43. The third kappa shape index (κ3) is 3.81. The molecule has 0 fully saturated rings. The lowest BCUT2D eigenvalue weighted by Gasteiger charge is -2.14. The molecule has 2 aromatic heterocycles. The van der Waals surface area contributed by atoms with Crippen molar-refractivity contribution in [2.45, 2.75) is 0 Å². The minimum atomic E-state index is 1.18. The van der Waals surface area contributed by atoms with Gasteiger partial charge in [-0.05, 0) is 109 Å². The van der Waals surface area contributed by atoms with Crippen LogP contribution in [0.1, 0.15) is 0 Å². The van der Waals surface area contributed by atoms with E-state index in [1.807, 2.05) is 11.3 Å². The summed E-state index contributed by atoms with van der Waals surface area (Å²) in [7, 11) is 0. The molecule has 0 bridgehead atoms. The summed E-state index contributed by atoms with van der Waals surface area (Å²) in [6, 6.07) is 60.3. The quantitative estimate of drug-likeness (QED) is 0.178. The van der Waals surface area contributed by atoms with Gasteiger partial charge in [0.15, 0.2) is 0 Å². The zero-order chi connectivity index (χ0) is 30.2. The molecule has 2 heterocycles. The van der Waals surface area contributed by atoms with Crippen LogP contribution in [0.2, 0.25) is 0 Å². The minimum Gasteiger partial charge on any atom is -0.309 e. The molecule has 214 valence electrons. The number of rotatable bonds is 3. The first-order valence-corrected chi connectivity index (χ1v) is 16.6. The van der Waals surface area contributed by atoms with E-state index < -0.39 is 0 Å². The molecule has 1 nitrogen and oxygen atoms in total. The summed E-state index contributed by atoms with van der Waals surface area (Å²) in [5.74, 6) is 0. The first kappa shape index (κ1) is 25.6. The second kappa shape index (κ2) is 9.90. The van der Waals surface area contributed by atoms with Crippen molar-refractivity contribution in [3.63, 3.8) is 0 Å². The summed E-state index contributed by atoms with van der Waals surface area (Å²) < 4.78 is 3.74. The number of thiophene rings is 1. The Labute approximate surface area is 270 Å². The average Bonchev–Trinajstić information content (AvgIpc) is 3.71. The first-order chi connectivity index (χ1) is 22.8. The van der Waals surface area contributed by atoms with E-state index in [1.54, 1.807) is 0 Å². The summed E-state index contributed by atoms with van der Waals surface area (Å²) >= 11 is 1.86. The molecule has 0 aliphatic rings. The predicted molar refractivity (Wildman–Crippen MR) is 200 cm³/mol. The molecule has 8 aromatic carbocycles. The molecule has 0 aliphatic heterocycles. The monoisotopic (exact) mass is 601 g/mol. The number of fused-ring (bicyclic) bond motifs is 10. The lowest BCUT2D eigenvalue weighted by atomic mass is 9.91. The molecule has 0 N–H and O–H groups in total. The van der Waals surface area contributed by atoms with Gasteiger partial charge in [0.25, 0.3) is 0 Å². The standard InChI is InChI=1S/C44H27NS/c1-2-14-32(15-3-1)45-41-19-8-7-18-36(41)40-26-38-35-22-21-29(24-37(35)33-16-5-6-17-34(33)39(38)27-42(40)45)28-12-10-13-30(23-28)44-25-31-11-4-9-20-43(31)46-44/h1-27H. The fourth-order valence-corrected chi connectivity index (χ4v) is 8.49. The van der Waals surface area contributed by atoms with Crippen LogP contribution in [-0.4, -0.2) is 4.57 Å². The van der Waals surface area contributed by atoms with Gasteiger partial charge in [0, 0.05) is 26.0 Å². The molecule has 46 heavy (non-hydrogen) atoms. The summed E-state index contributed by atoms with van der Waals surface area (Å²) in [6.45, 7) is 0. The van der Waals surface area contributed by atoms with Crippen molar-refractivity contribution < 1.29 is 0 Å². The van der Waals surface area contributed by atoms with E-state index in [0.29, 0.717) is 0 Å². The van der Waals surface area contributed by atoms with E-state index in [2.05, 4.69) is 168 Å². The minimum absolute atomic E-state index is 1.18. The van der Waals surface area contributed by atoms with E-state index in [-0.39, 0.29) is 0 Å². The molecule has 0 unspecified atom stereocenters. The summed E-state index contributed by atoms with van der Waals surface area (Å²) in [5, 5.41) is 11.6. The average molecular weight is 602 g/mol. The largest absolute Gasteiger partial charge is 0.309 e. The van der Waals surface area contributed by atoms with Crippen molar-refractivity contribution in [1.82, 2.24) is 4.57 Å². The summed E-state index contributed by atoms with van der Waals surface area (Å²) in [4.78, 5) is 1.30. The van der Waals surface area contributed by atoms with Gasteiger partial charge in [-0.1, -0.05) is 109 Å². The molecule has 0 saturated heterocycles. The fraction of sp³-hybridized carbons (Fsp3) is 0. The van der Waals surface area contributed by atoms with Crippen LogP contribution in [-0.2, 0) is 0 Å². The normalized spacial score (nSPS) is 11.9. The van der Waals surface area contributed by atoms with Gasteiger partial charge >= 0.3 is 0 Å². The van der Waals surface area contributed by atoms with Crippen molar-refractivity contribution in [3.05, 3.63) is 164 Å². The Morgan fingerprint density at radius 3 is 1.85 bits per heavy atom. The topological polar surface area (TPSA) is 4.93 Å². The molecule has 2 heteroatoms. The van der Waals surface area contributed by atoms with Gasteiger partial charge < -0.3 is 4.57 Å². The van der Waals surface area contributed by atoms with Crippen molar-refractivity contribution in [1.29, 1.82) is 0 Å². The highest BCUT2D eigenvalue weighted by Gasteiger charge is 2.17. The van der Waals surface area contributed by atoms with Crippen LogP contribution in [0.4, 0.5) is 0 Å². The van der Waals surface area contributed by atoms with Crippen LogP contribution in [0.3, 0.4) is 0 Å². The Morgan fingerprint density at radius 1 is 0.348 bits per heavy atom. The van der Waals surface area contributed by atoms with Crippen molar-refractivity contribution in [2.75, 3.05) is 0 Å².